The standard InChI is InChI=1S/C23H26F4N6/c1-2-4-21(22-28-29-30-33(22)16-17-7-9-19(24)10-8-17)32-13-11-31(12-14-32)20-6-3-5-18(15-20)23(25,26)27/h3,5-10,15,21H,2,4,11-14,16H2,1H3/t21-/m0/s1. The fourth-order valence-corrected chi connectivity index (χ4v) is 4.24. The maximum atomic E-state index is 13.2. The summed E-state index contributed by atoms with van der Waals surface area (Å²) in [5.74, 6) is 0.451. The maximum absolute atomic E-state index is 13.2. The lowest BCUT2D eigenvalue weighted by molar-refractivity contribution is -0.137. The third-order valence-electron chi connectivity index (χ3n) is 5.96. The Morgan fingerprint density at radius 1 is 1.00 bits per heavy atom. The summed E-state index contributed by atoms with van der Waals surface area (Å²) in [6.45, 7) is 5.13. The second kappa shape index (κ2) is 9.86. The Labute approximate surface area is 189 Å². The van der Waals surface area contributed by atoms with Gasteiger partial charge in [0.1, 0.15) is 5.82 Å². The van der Waals surface area contributed by atoms with Crippen molar-refractivity contribution < 1.29 is 17.6 Å². The fourth-order valence-electron chi connectivity index (χ4n) is 4.24. The van der Waals surface area contributed by atoms with E-state index in [4.69, 9.17) is 0 Å². The highest BCUT2D eigenvalue weighted by atomic mass is 19.4. The fraction of sp³-hybridized carbons (Fsp3) is 0.435. The molecule has 6 nitrogen and oxygen atoms in total. The number of alkyl halides is 3. The van der Waals surface area contributed by atoms with Gasteiger partial charge in [-0.25, -0.2) is 9.07 Å². The number of halogens is 4. The average molecular weight is 462 g/mol. The lowest BCUT2D eigenvalue weighted by Crippen LogP contribution is -2.48. The highest BCUT2D eigenvalue weighted by Gasteiger charge is 2.32. The van der Waals surface area contributed by atoms with Gasteiger partial charge in [0.2, 0.25) is 0 Å². The molecule has 2 aromatic carbocycles. The summed E-state index contributed by atoms with van der Waals surface area (Å²) >= 11 is 0. The molecule has 1 saturated heterocycles. The van der Waals surface area contributed by atoms with Crippen LogP contribution in [0.5, 0.6) is 0 Å². The molecule has 1 aromatic heterocycles. The summed E-state index contributed by atoms with van der Waals surface area (Å²) in [6, 6.07) is 11.7. The van der Waals surface area contributed by atoms with E-state index in [0.29, 0.717) is 38.4 Å². The van der Waals surface area contributed by atoms with Crippen molar-refractivity contribution >= 4 is 5.69 Å². The van der Waals surface area contributed by atoms with Crippen LogP contribution in [0.1, 0.15) is 42.8 Å². The zero-order chi connectivity index (χ0) is 23.4. The van der Waals surface area contributed by atoms with Crippen LogP contribution < -0.4 is 4.90 Å². The Morgan fingerprint density at radius 3 is 2.39 bits per heavy atom. The third-order valence-corrected chi connectivity index (χ3v) is 5.96. The summed E-state index contributed by atoms with van der Waals surface area (Å²) in [7, 11) is 0. The van der Waals surface area contributed by atoms with Crippen molar-refractivity contribution in [1.82, 2.24) is 25.1 Å². The van der Waals surface area contributed by atoms with Crippen LogP contribution in [0.4, 0.5) is 23.2 Å². The molecule has 2 heterocycles. The monoisotopic (exact) mass is 462 g/mol. The van der Waals surface area contributed by atoms with Crippen molar-refractivity contribution in [3.05, 3.63) is 71.3 Å². The molecule has 4 rings (SSSR count). The molecule has 1 atom stereocenters. The second-order valence-electron chi connectivity index (χ2n) is 8.20. The number of aromatic nitrogens is 4. The molecule has 1 aliphatic rings. The minimum atomic E-state index is -4.36. The van der Waals surface area contributed by atoms with E-state index in [1.807, 2.05) is 4.90 Å². The molecule has 1 aliphatic heterocycles. The topological polar surface area (TPSA) is 50.1 Å². The van der Waals surface area contributed by atoms with E-state index >= 15 is 0 Å². The Kier molecular flexibility index (Phi) is 6.92. The van der Waals surface area contributed by atoms with Gasteiger partial charge in [-0.1, -0.05) is 31.5 Å². The molecule has 0 spiro atoms. The van der Waals surface area contributed by atoms with Crippen molar-refractivity contribution in [2.24, 2.45) is 0 Å². The van der Waals surface area contributed by atoms with E-state index < -0.39 is 11.7 Å². The Balaban J connectivity index is 1.46. The van der Waals surface area contributed by atoms with Crippen LogP contribution in [0.3, 0.4) is 0 Å². The molecule has 0 radical (unpaired) electrons. The lowest BCUT2D eigenvalue weighted by atomic mass is 10.1. The van der Waals surface area contributed by atoms with Crippen LogP contribution in [0.15, 0.2) is 48.5 Å². The van der Waals surface area contributed by atoms with E-state index in [0.717, 1.165) is 30.3 Å². The Bertz CT molecular complexity index is 1040. The number of benzene rings is 2. The van der Waals surface area contributed by atoms with Crippen LogP contribution in [0, 0.1) is 5.82 Å². The number of nitrogens with zero attached hydrogens (tertiary/aromatic N) is 6. The van der Waals surface area contributed by atoms with Gasteiger partial charge in [0.25, 0.3) is 0 Å². The highest BCUT2D eigenvalue weighted by molar-refractivity contribution is 5.49. The molecule has 0 unspecified atom stereocenters. The van der Waals surface area contributed by atoms with Gasteiger partial charge in [-0.15, -0.1) is 5.10 Å². The normalized spacial score (nSPS) is 16.2. The molecule has 0 aliphatic carbocycles. The molecule has 176 valence electrons. The average Bonchev–Trinajstić information content (AvgIpc) is 3.26. The van der Waals surface area contributed by atoms with Crippen molar-refractivity contribution in [2.45, 2.75) is 38.5 Å². The molecule has 10 heteroatoms. The van der Waals surface area contributed by atoms with Crippen LogP contribution in [-0.2, 0) is 12.7 Å². The van der Waals surface area contributed by atoms with Gasteiger partial charge < -0.3 is 4.90 Å². The SMILES string of the molecule is CCC[C@@H](c1nnnn1Cc1ccc(F)cc1)N1CCN(c2cccc(C(F)(F)F)c2)CC1. The van der Waals surface area contributed by atoms with Gasteiger partial charge in [0.05, 0.1) is 18.2 Å². The van der Waals surface area contributed by atoms with Gasteiger partial charge in [-0.3, -0.25) is 4.90 Å². The first-order chi connectivity index (χ1) is 15.8. The van der Waals surface area contributed by atoms with Crippen LogP contribution in [0.25, 0.3) is 0 Å². The molecule has 33 heavy (non-hydrogen) atoms. The quantitative estimate of drug-likeness (QED) is 0.483. The van der Waals surface area contributed by atoms with Crippen LogP contribution >= 0.6 is 0 Å². The van der Waals surface area contributed by atoms with Crippen molar-refractivity contribution in [2.75, 3.05) is 31.1 Å². The number of anilines is 1. The molecular formula is C23H26F4N6. The van der Waals surface area contributed by atoms with E-state index in [-0.39, 0.29) is 11.9 Å². The van der Waals surface area contributed by atoms with Gasteiger partial charge >= 0.3 is 6.18 Å². The first-order valence-corrected chi connectivity index (χ1v) is 11.0. The maximum Gasteiger partial charge on any atom is 0.416 e. The third kappa shape index (κ3) is 5.50. The first-order valence-electron chi connectivity index (χ1n) is 11.0. The first kappa shape index (κ1) is 23.2. The minimum absolute atomic E-state index is 0.00546. The van der Waals surface area contributed by atoms with E-state index in [1.165, 1.54) is 24.3 Å². The number of hydrogen-bond donors (Lipinski definition) is 0. The summed E-state index contributed by atoms with van der Waals surface area (Å²) < 4.78 is 54.3. The van der Waals surface area contributed by atoms with Crippen molar-refractivity contribution in [3.63, 3.8) is 0 Å². The molecule has 1 fully saturated rings. The number of tetrazole rings is 1. The largest absolute Gasteiger partial charge is 0.416 e. The molecular weight excluding hydrogens is 436 g/mol. The summed E-state index contributed by atoms with van der Waals surface area (Å²) in [5, 5.41) is 12.3. The predicted molar refractivity (Wildman–Crippen MR) is 116 cm³/mol. The zero-order valence-corrected chi connectivity index (χ0v) is 18.3. The zero-order valence-electron chi connectivity index (χ0n) is 18.3. The Hall–Kier alpha value is -3.01. The van der Waals surface area contributed by atoms with E-state index in [9.17, 15) is 17.6 Å². The second-order valence-corrected chi connectivity index (χ2v) is 8.20. The van der Waals surface area contributed by atoms with Crippen molar-refractivity contribution in [3.8, 4) is 0 Å². The van der Waals surface area contributed by atoms with Crippen LogP contribution in [-0.4, -0.2) is 51.3 Å². The summed E-state index contributed by atoms with van der Waals surface area (Å²) in [4.78, 5) is 4.27. The van der Waals surface area contributed by atoms with E-state index in [2.05, 4.69) is 27.3 Å². The summed E-state index contributed by atoms with van der Waals surface area (Å²) in [5.41, 5.74) is 0.846. The predicted octanol–water partition coefficient (Wildman–Crippen LogP) is 4.54. The Morgan fingerprint density at radius 2 is 1.73 bits per heavy atom. The highest BCUT2D eigenvalue weighted by Crippen LogP contribution is 2.32. The molecule has 0 amide bonds. The van der Waals surface area contributed by atoms with Gasteiger partial charge in [-0.05, 0) is 52.7 Å². The molecule has 0 N–H and O–H groups in total. The smallest absolute Gasteiger partial charge is 0.369 e. The van der Waals surface area contributed by atoms with Gasteiger partial charge in [0, 0.05) is 31.9 Å². The lowest BCUT2D eigenvalue weighted by Gasteiger charge is -2.39. The van der Waals surface area contributed by atoms with Crippen molar-refractivity contribution in [1.29, 1.82) is 0 Å². The van der Waals surface area contributed by atoms with Gasteiger partial charge in [0.15, 0.2) is 5.82 Å². The number of hydrogen-bond acceptors (Lipinski definition) is 5. The minimum Gasteiger partial charge on any atom is -0.369 e. The van der Waals surface area contributed by atoms with Crippen LogP contribution in [0.2, 0.25) is 0 Å². The summed E-state index contributed by atoms with van der Waals surface area (Å²) in [6.07, 6.45) is -2.57. The van der Waals surface area contributed by atoms with E-state index in [1.54, 1.807) is 22.9 Å². The molecule has 3 aromatic rings. The number of rotatable bonds is 7. The molecule has 0 bridgehead atoms. The van der Waals surface area contributed by atoms with Gasteiger partial charge in [-0.2, -0.15) is 13.2 Å². The number of piperazine rings is 1. The molecule has 0 saturated carbocycles.